The average molecular weight is 499 g/mol. The Morgan fingerprint density at radius 2 is 1.71 bits per heavy atom. The summed E-state index contributed by atoms with van der Waals surface area (Å²) in [6.07, 6.45) is 3.04. The molecule has 0 bridgehead atoms. The Kier molecular flexibility index (Phi) is 6.84. The zero-order valence-corrected chi connectivity index (χ0v) is 21.0. The number of nitrogens with one attached hydrogen (secondary N) is 1. The van der Waals surface area contributed by atoms with Gasteiger partial charge in [0.05, 0.1) is 21.5 Å². The lowest BCUT2D eigenvalue weighted by atomic mass is 10.1. The van der Waals surface area contributed by atoms with Crippen molar-refractivity contribution in [2.24, 2.45) is 7.05 Å². The minimum Gasteiger partial charge on any atom is -0.343 e. The van der Waals surface area contributed by atoms with Crippen LogP contribution in [0.1, 0.15) is 36.8 Å². The van der Waals surface area contributed by atoms with Gasteiger partial charge in [0.2, 0.25) is 5.91 Å². The third-order valence-electron chi connectivity index (χ3n) is 6.52. The third kappa shape index (κ3) is 5.02. The van der Waals surface area contributed by atoms with E-state index < -0.39 is 21.3 Å². The van der Waals surface area contributed by atoms with Gasteiger partial charge in [-0.05, 0) is 62.9 Å². The van der Waals surface area contributed by atoms with E-state index in [0.717, 1.165) is 35.0 Å². The number of piperidine rings is 1. The second kappa shape index (κ2) is 9.69. The maximum Gasteiger partial charge on any atom is 0.331 e. The Balaban J connectivity index is 1.67. The van der Waals surface area contributed by atoms with Gasteiger partial charge < -0.3 is 4.90 Å². The zero-order valence-electron chi connectivity index (χ0n) is 20.2. The minimum absolute atomic E-state index is 0.0346. The SMILES string of the molecule is Cc1ccc(NS(=O)(=O)c2ccc3c(c2)c(=O)n(CCC(=O)N2CCCCC2)c(=O)n3C)c(C)c1. The van der Waals surface area contributed by atoms with E-state index in [0.29, 0.717) is 24.3 Å². The van der Waals surface area contributed by atoms with E-state index in [9.17, 15) is 22.8 Å². The lowest BCUT2D eigenvalue weighted by Crippen LogP contribution is -2.41. The maximum absolute atomic E-state index is 13.2. The monoisotopic (exact) mass is 498 g/mol. The molecule has 4 rings (SSSR count). The molecular weight excluding hydrogens is 468 g/mol. The van der Waals surface area contributed by atoms with Crippen LogP contribution in [0.2, 0.25) is 0 Å². The van der Waals surface area contributed by atoms with Gasteiger partial charge in [-0.25, -0.2) is 13.2 Å². The summed E-state index contributed by atoms with van der Waals surface area (Å²) in [4.78, 5) is 40.3. The topological polar surface area (TPSA) is 110 Å². The molecule has 3 aromatic rings. The summed E-state index contributed by atoms with van der Waals surface area (Å²) in [5.74, 6) is -0.0900. The van der Waals surface area contributed by atoms with Crippen molar-refractivity contribution in [2.75, 3.05) is 17.8 Å². The number of aryl methyl sites for hydroxylation is 3. The molecule has 9 nitrogen and oxygen atoms in total. The minimum atomic E-state index is -3.98. The first-order valence-electron chi connectivity index (χ1n) is 11.7. The molecule has 0 aliphatic carbocycles. The van der Waals surface area contributed by atoms with Crippen molar-refractivity contribution in [1.29, 1.82) is 0 Å². The number of likely N-dealkylation sites (tertiary alicyclic amines) is 1. The predicted octanol–water partition coefficient (Wildman–Crippen LogP) is 2.52. The Morgan fingerprint density at radius 1 is 1.00 bits per heavy atom. The van der Waals surface area contributed by atoms with Gasteiger partial charge in [-0.3, -0.25) is 23.4 Å². The van der Waals surface area contributed by atoms with Gasteiger partial charge in [0.15, 0.2) is 0 Å². The number of sulfonamides is 1. The van der Waals surface area contributed by atoms with Gasteiger partial charge in [-0.1, -0.05) is 17.7 Å². The van der Waals surface area contributed by atoms with E-state index in [1.807, 2.05) is 26.0 Å². The first kappa shape index (κ1) is 24.7. The van der Waals surface area contributed by atoms with Crippen LogP contribution in [0.5, 0.6) is 0 Å². The summed E-state index contributed by atoms with van der Waals surface area (Å²) in [7, 11) is -2.46. The van der Waals surface area contributed by atoms with Crippen LogP contribution in [-0.4, -0.2) is 41.4 Å². The number of anilines is 1. The quantitative estimate of drug-likeness (QED) is 0.562. The fourth-order valence-electron chi connectivity index (χ4n) is 4.50. The summed E-state index contributed by atoms with van der Waals surface area (Å²) in [6, 6.07) is 9.49. The molecule has 0 unspecified atom stereocenters. The van der Waals surface area contributed by atoms with Crippen LogP contribution < -0.4 is 16.0 Å². The number of fused-ring (bicyclic) bond motifs is 1. The molecule has 0 saturated carbocycles. The van der Waals surface area contributed by atoms with Crippen LogP contribution in [0.15, 0.2) is 50.9 Å². The highest BCUT2D eigenvalue weighted by Crippen LogP contribution is 2.22. The molecule has 1 aliphatic heterocycles. The van der Waals surface area contributed by atoms with Crippen LogP contribution >= 0.6 is 0 Å². The Morgan fingerprint density at radius 3 is 2.40 bits per heavy atom. The molecular formula is C25H30N4O5S. The van der Waals surface area contributed by atoms with Gasteiger partial charge in [0, 0.05) is 33.1 Å². The van der Waals surface area contributed by atoms with Crippen molar-refractivity contribution >= 4 is 32.5 Å². The van der Waals surface area contributed by atoms with E-state index in [4.69, 9.17) is 0 Å². The molecule has 1 saturated heterocycles. The Bertz CT molecular complexity index is 1520. The maximum atomic E-state index is 13.2. The molecule has 2 aromatic carbocycles. The number of rotatable bonds is 6. The summed E-state index contributed by atoms with van der Waals surface area (Å²) < 4.78 is 31.1. The van der Waals surface area contributed by atoms with E-state index >= 15 is 0 Å². The van der Waals surface area contributed by atoms with Crippen LogP contribution in [0.25, 0.3) is 10.9 Å². The number of carbonyl (C=O) groups excluding carboxylic acids is 1. The highest BCUT2D eigenvalue weighted by molar-refractivity contribution is 7.92. The highest BCUT2D eigenvalue weighted by Gasteiger charge is 2.21. The van der Waals surface area contributed by atoms with Gasteiger partial charge in [0.25, 0.3) is 15.6 Å². The van der Waals surface area contributed by atoms with Crippen molar-refractivity contribution < 1.29 is 13.2 Å². The first-order chi connectivity index (χ1) is 16.6. The summed E-state index contributed by atoms with van der Waals surface area (Å²) in [6.45, 7) is 5.06. The summed E-state index contributed by atoms with van der Waals surface area (Å²) in [5.41, 5.74) is 1.40. The van der Waals surface area contributed by atoms with Crippen LogP contribution in [0.4, 0.5) is 5.69 Å². The zero-order chi connectivity index (χ0) is 25.3. The first-order valence-corrected chi connectivity index (χ1v) is 13.2. The highest BCUT2D eigenvalue weighted by atomic mass is 32.2. The van der Waals surface area contributed by atoms with Crippen molar-refractivity contribution in [1.82, 2.24) is 14.0 Å². The molecule has 0 spiro atoms. The van der Waals surface area contributed by atoms with Gasteiger partial charge >= 0.3 is 5.69 Å². The standard InChI is InChI=1S/C25H30N4O5S/c1-17-7-9-21(18(2)15-17)26-35(33,34)19-8-10-22-20(16-19)24(31)29(25(32)27(22)3)14-11-23(30)28-12-5-4-6-13-28/h7-10,15-16,26H,4-6,11-14H2,1-3H3. The van der Waals surface area contributed by atoms with Crippen molar-refractivity contribution in [2.45, 2.75) is 51.0 Å². The number of aromatic nitrogens is 2. The number of nitrogens with zero attached hydrogens (tertiary/aromatic N) is 3. The molecule has 1 amide bonds. The molecule has 10 heteroatoms. The molecule has 1 aliphatic rings. The van der Waals surface area contributed by atoms with Crippen molar-refractivity contribution in [3.63, 3.8) is 0 Å². The number of carbonyl (C=O) groups is 1. The molecule has 1 fully saturated rings. The molecule has 0 radical (unpaired) electrons. The van der Waals surface area contributed by atoms with E-state index in [1.165, 1.54) is 29.8 Å². The third-order valence-corrected chi connectivity index (χ3v) is 7.88. The molecule has 0 atom stereocenters. The molecule has 1 aromatic heterocycles. The van der Waals surface area contributed by atoms with Gasteiger partial charge in [-0.2, -0.15) is 0 Å². The van der Waals surface area contributed by atoms with Crippen molar-refractivity contribution in [3.05, 3.63) is 68.4 Å². The van der Waals surface area contributed by atoms with E-state index in [1.54, 1.807) is 11.0 Å². The van der Waals surface area contributed by atoms with Crippen LogP contribution in [0, 0.1) is 13.8 Å². The lowest BCUT2D eigenvalue weighted by molar-refractivity contribution is -0.132. The number of amides is 1. The van der Waals surface area contributed by atoms with E-state index in [2.05, 4.69) is 4.72 Å². The largest absolute Gasteiger partial charge is 0.343 e. The number of hydrogen-bond donors (Lipinski definition) is 1. The van der Waals surface area contributed by atoms with Gasteiger partial charge in [0.1, 0.15) is 0 Å². The second-order valence-corrected chi connectivity index (χ2v) is 10.8. The number of benzene rings is 2. The summed E-state index contributed by atoms with van der Waals surface area (Å²) in [5, 5.41) is 0.0982. The average Bonchev–Trinajstić information content (AvgIpc) is 2.84. The molecule has 1 N–H and O–H groups in total. The Hall–Kier alpha value is -3.40. The molecule has 2 heterocycles. The van der Waals surface area contributed by atoms with Crippen LogP contribution in [-0.2, 0) is 28.4 Å². The van der Waals surface area contributed by atoms with Gasteiger partial charge in [-0.15, -0.1) is 0 Å². The van der Waals surface area contributed by atoms with Crippen LogP contribution in [0.3, 0.4) is 0 Å². The molecule has 186 valence electrons. The smallest absolute Gasteiger partial charge is 0.331 e. The normalized spacial score (nSPS) is 14.3. The van der Waals surface area contributed by atoms with E-state index in [-0.39, 0.29) is 29.2 Å². The second-order valence-electron chi connectivity index (χ2n) is 9.09. The predicted molar refractivity (Wildman–Crippen MR) is 135 cm³/mol. The Labute approximate surface area is 204 Å². The fraction of sp³-hybridized carbons (Fsp3) is 0.400. The summed E-state index contributed by atoms with van der Waals surface area (Å²) >= 11 is 0. The number of hydrogen-bond acceptors (Lipinski definition) is 5. The fourth-order valence-corrected chi connectivity index (χ4v) is 5.66. The lowest BCUT2D eigenvalue weighted by Gasteiger charge is -2.26. The molecule has 35 heavy (non-hydrogen) atoms. The van der Waals surface area contributed by atoms with Crippen molar-refractivity contribution in [3.8, 4) is 0 Å².